The standard InChI is InChI=1S/C28H36N2O4/c1-15-9-10-21(11-16(15)2)24-22-17(3)19(5)30(12-20-13-33-14-20)26(22)29-18(4)23(24)25(27(31)32)34-28(6,7)8/h9-11,20,25H,12-14H2,1-8H3,(H,31,32)/t25-/m0/s1. The van der Waals surface area contributed by atoms with Crippen LogP contribution in [0.1, 0.15) is 60.5 Å². The molecule has 1 fully saturated rings. The van der Waals surface area contributed by atoms with Crippen LogP contribution in [-0.4, -0.2) is 39.4 Å². The van der Waals surface area contributed by atoms with Gasteiger partial charge in [0.2, 0.25) is 0 Å². The molecule has 3 aromatic rings. The first-order chi connectivity index (χ1) is 15.9. The summed E-state index contributed by atoms with van der Waals surface area (Å²) in [6.07, 6.45) is -1.13. The monoisotopic (exact) mass is 464 g/mol. The Bertz CT molecular complexity index is 1260. The second-order valence-electron chi connectivity index (χ2n) is 10.7. The number of aromatic nitrogens is 2. The Kier molecular flexibility index (Phi) is 6.34. The molecule has 1 N–H and O–H groups in total. The molecule has 1 atom stereocenters. The highest BCUT2D eigenvalue weighted by atomic mass is 16.5. The molecular weight excluding hydrogens is 428 g/mol. The van der Waals surface area contributed by atoms with Gasteiger partial charge in [0.05, 0.1) is 18.8 Å². The van der Waals surface area contributed by atoms with Gasteiger partial charge in [0.25, 0.3) is 0 Å². The highest BCUT2D eigenvalue weighted by Gasteiger charge is 2.34. The summed E-state index contributed by atoms with van der Waals surface area (Å²) in [7, 11) is 0. The van der Waals surface area contributed by atoms with Gasteiger partial charge in [0.1, 0.15) is 5.65 Å². The van der Waals surface area contributed by atoms with Crippen LogP contribution in [0.4, 0.5) is 0 Å². The van der Waals surface area contributed by atoms with E-state index in [4.69, 9.17) is 14.5 Å². The Morgan fingerprint density at radius 1 is 1.18 bits per heavy atom. The number of aryl methyl sites for hydroxylation is 4. The lowest BCUT2D eigenvalue weighted by Gasteiger charge is -2.28. The summed E-state index contributed by atoms with van der Waals surface area (Å²) < 4.78 is 13.8. The van der Waals surface area contributed by atoms with Crippen LogP contribution in [0, 0.1) is 40.5 Å². The van der Waals surface area contributed by atoms with Crippen LogP contribution in [0.15, 0.2) is 18.2 Å². The second-order valence-corrected chi connectivity index (χ2v) is 10.7. The Hall–Kier alpha value is -2.70. The van der Waals surface area contributed by atoms with Gasteiger partial charge < -0.3 is 19.1 Å². The molecule has 0 saturated carbocycles. The van der Waals surface area contributed by atoms with Crippen LogP contribution in [0.2, 0.25) is 0 Å². The zero-order valence-corrected chi connectivity index (χ0v) is 21.6. The average Bonchev–Trinajstić information content (AvgIpc) is 2.93. The lowest BCUT2D eigenvalue weighted by molar-refractivity contribution is -0.160. The molecule has 0 aliphatic carbocycles. The molecule has 0 radical (unpaired) electrons. The van der Waals surface area contributed by atoms with Crippen LogP contribution in [0.3, 0.4) is 0 Å². The largest absolute Gasteiger partial charge is 0.479 e. The molecule has 1 aliphatic heterocycles. The number of fused-ring (bicyclic) bond motifs is 1. The summed E-state index contributed by atoms with van der Waals surface area (Å²) in [4.78, 5) is 17.6. The fourth-order valence-electron chi connectivity index (χ4n) is 4.77. The number of hydrogen-bond donors (Lipinski definition) is 1. The summed E-state index contributed by atoms with van der Waals surface area (Å²) in [5.41, 5.74) is 8.11. The molecule has 0 spiro atoms. The predicted molar refractivity (Wildman–Crippen MR) is 134 cm³/mol. The minimum Gasteiger partial charge on any atom is -0.479 e. The lowest BCUT2D eigenvalue weighted by atomic mass is 9.89. The van der Waals surface area contributed by atoms with Crippen molar-refractivity contribution >= 4 is 17.0 Å². The van der Waals surface area contributed by atoms with E-state index in [1.54, 1.807) is 0 Å². The van der Waals surface area contributed by atoms with Gasteiger partial charge >= 0.3 is 5.97 Å². The predicted octanol–water partition coefficient (Wildman–Crippen LogP) is 5.83. The van der Waals surface area contributed by atoms with Crippen molar-refractivity contribution in [2.24, 2.45) is 5.92 Å². The van der Waals surface area contributed by atoms with Crippen LogP contribution in [0.5, 0.6) is 0 Å². The van der Waals surface area contributed by atoms with Gasteiger partial charge in [-0.25, -0.2) is 9.78 Å². The van der Waals surface area contributed by atoms with Crippen LogP contribution >= 0.6 is 0 Å². The van der Waals surface area contributed by atoms with Crippen molar-refractivity contribution in [1.29, 1.82) is 0 Å². The molecule has 2 aromatic heterocycles. The van der Waals surface area contributed by atoms with Crippen molar-refractivity contribution in [3.05, 3.63) is 51.8 Å². The number of nitrogens with zero attached hydrogens (tertiary/aromatic N) is 2. The number of aliphatic carboxylic acids is 1. The number of pyridine rings is 1. The average molecular weight is 465 g/mol. The first-order valence-corrected chi connectivity index (χ1v) is 11.9. The van der Waals surface area contributed by atoms with E-state index in [2.05, 4.69) is 50.5 Å². The summed E-state index contributed by atoms with van der Waals surface area (Å²) in [6.45, 7) is 18.3. The maximum atomic E-state index is 12.5. The summed E-state index contributed by atoms with van der Waals surface area (Å²) in [6, 6.07) is 6.33. The first-order valence-electron chi connectivity index (χ1n) is 11.9. The Balaban J connectivity index is 2.08. The molecule has 3 heterocycles. The van der Waals surface area contributed by atoms with Crippen LogP contribution in [-0.2, 0) is 20.8 Å². The summed E-state index contributed by atoms with van der Waals surface area (Å²) in [5, 5.41) is 11.3. The van der Waals surface area contributed by atoms with Gasteiger partial charge in [-0.2, -0.15) is 0 Å². The molecule has 6 heteroatoms. The molecule has 1 aliphatic rings. The minimum atomic E-state index is -1.13. The minimum absolute atomic E-state index is 0.469. The van der Waals surface area contributed by atoms with Gasteiger partial charge in [-0.1, -0.05) is 18.2 Å². The summed E-state index contributed by atoms with van der Waals surface area (Å²) >= 11 is 0. The van der Waals surface area contributed by atoms with E-state index < -0.39 is 17.7 Å². The normalized spacial score (nSPS) is 15.5. The van der Waals surface area contributed by atoms with E-state index in [1.165, 1.54) is 5.56 Å². The van der Waals surface area contributed by atoms with Gasteiger partial charge in [0, 0.05) is 40.4 Å². The molecule has 1 aromatic carbocycles. The third-order valence-electron chi connectivity index (χ3n) is 6.89. The van der Waals surface area contributed by atoms with Crippen molar-refractivity contribution in [1.82, 2.24) is 9.55 Å². The number of rotatable bonds is 6. The van der Waals surface area contributed by atoms with Crippen molar-refractivity contribution in [2.75, 3.05) is 13.2 Å². The van der Waals surface area contributed by atoms with Crippen molar-refractivity contribution in [3.63, 3.8) is 0 Å². The zero-order valence-electron chi connectivity index (χ0n) is 21.6. The Morgan fingerprint density at radius 3 is 2.38 bits per heavy atom. The molecule has 1 saturated heterocycles. The van der Waals surface area contributed by atoms with E-state index >= 15 is 0 Å². The molecule has 4 rings (SSSR count). The van der Waals surface area contributed by atoms with Gasteiger partial charge in [-0.05, 0) is 77.6 Å². The molecule has 0 bridgehead atoms. The number of benzene rings is 1. The molecule has 6 nitrogen and oxygen atoms in total. The molecule has 182 valence electrons. The molecule has 34 heavy (non-hydrogen) atoms. The van der Waals surface area contributed by atoms with E-state index in [0.29, 0.717) is 17.2 Å². The highest BCUT2D eigenvalue weighted by Crippen LogP contribution is 2.42. The van der Waals surface area contributed by atoms with E-state index in [-0.39, 0.29) is 0 Å². The van der Waals surface area contributed by atoms with Gasteiger partial charge in [0.15, 0.2) is 6.10 Å². The quantitative estimate of drug-likeness (QED) is 0.497. The van der Waals surface area contributed by atoms with E-state index in [0.717, 1.165) is 58.7 Å². The second kappa shape index (κ2) is 8.82. The SMILES string of the molecule is Cc1ccc(-c2c([C@H](OC(C)(C)C)C(=O)O)c(C)nc3c2c(C)c(C)n3CC2COC2)cc1C. The number of hydrogen-bond acceptors (Lipinski definition) is 4. The number of carbonyl (C=O) groups is 1. The Morgan fingerprint density at radius 2 is 1.85 bits per heavy atom. The first kappa shape index (κ1) is 24.4. The van der Waals surface area contributed by atoms with Crippen LogP contribution in [0.25, 0.3) is 22.2 Å². The van der Waals surface area contributed by atoms with E-state index in [1.807, 2.05) is 27.7 Å². The molecule has 0 unspecified atom stereocenters. The number of carboxylic acid groups (broad SMARTS) is 1. The molecule has 0 amide bonds. The third kappa shape index (κ3) is 4.37. The highest BCUT2D eigenvalue weighted by molar-refractivity contribution is 6.00. The fraction of sp³-hybridized carbons (Fsp3) is 0.500. The molecular formula is C28H36N2O4. The van der Waals surface area contributed by atoms with Crippen molar-refractivity contribution < 1.29 is 19.4 Å². The van der Waals surface area contributed by atoms with Crippen molar-refractivity contribution in [2.45, 2.75) is 73.6 Å². The maximum absolute atomic E-state index is 12.5. The van der Waals surface area contributed by atoms with E-state index in [9.17, 15) is 9.90 Å². The number of carboxylic acids is 1. The van der Waals surface area contributed by atoms with Gasteiger partial charge in [-0.3, -0.25) is 0 Å². The van der Waals surface area contributed by atoms with Crippen molar-refractivity contribution in [3.8, 4) is 11.1 Å². The lowest BCUT2D eigenvalue weighted by Crippen LogP contribution is -2.31. The third-order valence-corrected chi connectivity index (χ3v) is 6.89. The fourth-order valence-corrected chi connectivity index (χ4v) is 4.77. The van der Waals surface area contributed by atoms with Gasteiger partial charge in [-0.15, -0.1) is 0 Å². The topological polar surface area (TPSA) is 73.6 Å². The van der Waals surface area contributed by atoms with Crippen LogP contribution < -0.4 is 0 Å². The Labute approximate surface area is 201 Å². The smallest absolute Gasteiger partial charge is 0.337 e. The number of ether oxygens (including phenoxy) is 2. The zero-order chi connectivity index (χ0) is 24.9. The summed E-state index contributed by atoms with van der Waals surface area (Å²) in [5.74, 6) is -0.541. The maximum Gasteiger partial charge on any atom is 0.337 e.